The highest BCUT2D eigenvalue weighted by molar-refractivity contribution is 6.67. The van der Waals surface area contributed by atoms with Crippen molar-refractivity contribution in [1.29, 1.82) is 0 Å². The van der Waals surface area contributed by atoms with Crippen molar-refractivity contribution in [2.75, 3.05) is 0 Å². The number of rotatable bonds is 4. The van der Waals surface area contributed by atoms with Gasteiger partial charge in [-0.1, -0.05) is 17.5 Å². The number of hydrogen-bond acceptors (Lipinski definition) is 4. The number of nitrogens with one attached hydrogen (secondary N) is 1. The van der Waals surface area contributed by atoms with Crippen molar-refractivity contribution in [2.24, 2.45) is 0 Å². The normalized spacial score (nSPS) is 12.5. The van der Waals surface area contributed by atoms with Gasteiger partial charge >= 0.3 is 0 Å². The van der Waals surface area contributed by atoms with Gasteiger partial charge in [0, 0.05) is 5.56 Å². The standard InChI is InChI=1S/C8H8ClNO4/c9-8(11)7-3-1-6(2-4-7)5-14-10(12)13/h1-4,10,12H,5H2. The number of quaternary nitrogens is 1. The fraction of sp³-hybridized carbons (Fsp3) is 0.125. The molecule has 5 nitrogen and oxygen atoms in total. The van der Waals surface area contributed by atoms with Gasteiger partial charge in [-0.2, -0.15) is 10.0 Å². The van der Waals surface area contributed by atoms with E-state index in [-0.39, 0.29) is 6.61 Å². The van der Waals surface area contributed by atoms with Gasteiger partial charge in [0.25, 0.3) is 5.24 Å². The maximum atomic E-state index is 10.7. The van der Waals surface area contributed by atoms with E-state index in [1.807, 2.05) is 0 Å². The van der Waals surface area contributed by atoms with Gasteiger partial charge in [-0.15, -0.1) is 0 Å². The van der Waals surface area contributed by atoms with E-state index in [1.165, 1.54) is 12.1 Å². The van der Waals surface area contributed by atoms with E-state index in [2.05, 4.69) is 4.84 Å². The SMILES string of the molecule is O=C(Cl)c1ccc(CO[NH+]([O-])O)cc1. The van der Waals surface area contributed by atoms with Crippen LogP contribution in [0, 0.1) is 5.21 Å². The second kappa shape index (κ2) is 5.04. The molecular formula is C8H8ClNO4. The van der Waals surface area contributed by atoms with Gasteiger partial charge in [0.05, 0.1) is 0 Å². The average Bonchev–Trinajstić information content (AvgIpc) is 2.15. The van der Waals surface area contributed by atoms with Crippen molar-refractivity contribution in [2.45, 2.75) is 6.61 Å². The van der Waals surface area contributed by atoms with Crippen molar-refractivity contribution in [3.8, 4) is 0 Å². The zero-order chi connectivity index (χ0) is 10.6. The predicted molar refractivity (Wildman–Crippen MR) is 47.5 cm³/mol. The van der Waals surface area contributed by atoms with E-state index in [1.54, 1.807) is 12.1 Å². The molecule has 76 valence electrons. The van der Waals surface area contributed by atoms with Crippen molar-refractivity contribution in [1.82, 2.24) is 0 Å². The third-order valence-corrected chi connectivity index (χ3v) is 1.76. The summed E-state index contributed by atoms with van der Waals surface area (Å²) < 4.78 is 0. The summed E-state index contributed by atoms with van der Waals surface area (Å²) in [6.45, 7) is -0.0356. The van der Waals surface area contributed by atoms with Gasteiger partial charge in [0.2, 0.25) is 0 Å². The first kappa shape index (κ1) is 11.1. The lowest BCUT2D eigenvalue weighted by Crippen LogP contribution is -3.03. The Hall–Kier alpha value is -0.980. The lowest BCUT2D eigenvalue weighted by molar-refractivity contribution is -1.21. The molecule has 1 atom stereocenters. The number of halogens is 1. The molecule has 0 aliphatic carbocycles. The molecule has 1 aromatic rings. The van der Waals surface area contributed by atoms with Crippen molar-refractivity contribution in [3.05, 3.63) is 40.6 Å². The van der Waals surface area contributed by atoms with Gasteiger partial charge in [-0.3, -0.25) is 4.79 Å². The Balaban J connectivity index is 2.60. The van der Waals surface area contributed by atoms with Gasteiger partial charge in [-0.25, -0.2) is 0 Å². The average molecular weight is 218 g/mol. The van der Waals surface area contributed by atoms with Crippen LogP contribution in [0.1, 0.15) is 15.9 Å². The quantitative estimate of drug-likeness (QED) is 0.561. The molecular weight excluding hydrogens is 210 g/mol. The highest BCUT2D eigenvalue weighted by atomic mass is 35.5. The van der Waals surface area contributed by atoms with Gasteiger partial charge in [0.1, 0.15) is 6.61 Å². The molecule has 0 radical (unpaired) electrons. The largest absolute Gasteiger partial charge is 0.566 e. The minimum absolute atomic E-state index is 0.0356. The summed E-state index contributed by atoms with van der Waals surface area (Å²) in [5, 5.41) is 16.4. The molecule has 1 unspecified atom stereocenters. The Bertz CT molecular complexity index is 312. The Kier molecular flexibility index (Phi) is 3.99. The summed E-state index contributed by atoms with van der Waals surface area (Å²) >= 11 is 5.22. The van der Waals surface area contributed by atoms with Crippen LogP contribution < -0.4 is 5.39 Å². The zero-order valence-electron chi connectivity index (χ0n) is 7.07. The molecule has 0 bridgehead atoms. The van der Waals surface area contributed by atoms with E-state index in [0.29, 0.717) is 11.1 Å². The summed E-state index contributed by atoms with van der Waals surface area (Å²) in [5.74, 6) is 0. The topological polar surface area (TPSA) is 74.0 Å². The van der Waals surface area contributed by atoms with Crippen LogP contribution in [0.3, 0.4) is 0 Å². The van der Waals surface area contributed by atoms with Crippen molar-refractivity contribution >= 4 is 16.8 Å². The molecule has 0 amide bonds. The third-order valence-electron chi connectivity index (χ3n) is 1.54. The maximum absolute atomic E-state index is 10.7. The molecule has 0 saturated heterocycles. The smallest absolute Gasteiger partial charge is 0.252 e. The Morgan fingerprint density at radius 3 is 2.50 bits per heavy atom. The van der Waals surface area contributed by atoms with Crippen LogP contribution in [0.4, 0.5) is 0 Å². The van der Waals surface area contributed by atoms with Crippen LogP contribution in [0.5, 0.6) is 0 Å². The summed E-state index contributed by atoms with van der Waals surface area (Å²) in [5.41, 5.74) is 1.03. The van der Waals surface area contributed by atoms with Gasteiger partial charge in [-0.05, 0) is 29.3 Å². The van der Waals surface area contributed by atoms with Gasteiger partial charge < -0.3 is 5.21 Å². The Labute approximate surface area is 85.0 Å². The highest BCUT2D eigenvalue weighted by Crippen LogP contribution is 2.07. The lowest BCUT2D eigenvalue weighted by Gasteiger charge is -2.09. The second-order valence-electron chi connectivity index (χ2n) is 2.53. The van der Waals surface area contributed by atoms with Crippen LogP contribution in [-0.4, -0.2) is 10.4 Å². The maximum Gasteiger partial charge on any atom is 0.252 e. The number of carbonyl (C=O) groups excluding carboxylic acids is 1. The molecule has 0 aliphatic heterocycles. The molecule has 1 aromatic carbocycles. The van der Waals surface area contributed by atoms with E-state index >= 15 is 0 Å². The first-order valence-electron chi connectivity index (χ1n) is 3.74. The van der Waals surface area contributed by atoms with Crippen LogP contribution in [-0.2, 0) is 11.4 Å². The molecule has 6 heteroatoms. The van der Waals surface area contributed by atoms with E-state index in [0.717, 1.165) is 0 Å². The predicted octanol–water partition coefficient (Wildman–Crippen LogP) is 0.269. The van der Waals surface area contributed by atoms with Crippen molar-refractivity contribution in [3.63, 3.8) is 0 Å². The van der Waals surface area contributed by atoms with E-state index in [9.17, 15) is 10.0 Å². The summed E-state index contributed by atoms with van der Waals surface area (Å²) in [7, 11) is 0. The van der Waals surface area contributed by atoms with Crippen molar-refractivity contribution < 1.29 is 20.2 Å². The molecule has 0 fully saturated rings. The molecule has 0 aliphatic rings. The van der Waals surface area contributed by atoms with E-state index in [4.69, 9.17) is 16.8 Å². The Morgan fingerprint density at radius 1 is 1.50 bits per heavy atom. The van der Waals surface area contributed by atoms with Gasteiger partial charge in [0.15, 0.2) is 0 Å². The lowest BCUT2D eigenvalue weighted by atomic mass is 10.2. The highest BCUT2D eigenvalue weighted by Gasteiger charge is 2.01. The zero-order valence-corrected chi connectivity index (χ0v) is 7.82. The minimum atomic E-state index is -1.33. The minimum Gasteiger partial charge on any atom is -0.566 e. The molecule has 0 heterocycles. The van der Waals surface area contributed by atoms with E-state index < -0.39 is 10.6 Å². The Morgan fingerprint density at radius 2 is 2.07 bits per heavy atom. The first-order valence-corrected chi connectivity index (χ1v) is 4.12. The molecule has 14 heavy (non-hydrogen) atoms. The summed E-state index contributed by atoms with van der Waals surface area (Å²) in [6, 6.07) is 6.18. The molecule has 1 rings (SSSR count). The monoisotopic (exact) mass is 217 g/mol. The molecule has 0 aromatic heterocycles. The second-order valence-corrected chi connectivity index (χ2v) is 2.87. The first-order chi connectivity index (χ1) is 6.59. The van der Waals surface area contributed by atoms with Crippen LogP contribution in [0.15, 0.2) is 24.3 Å². The number of hydrogen-bond donors (Lipinski definition) is 2. The fourth-order valence-electron chi connectivity index (χ4n) is 0.877. The van der Waals surface area contributed by atoms with Crippen LogP contribution in [0.25, 0.3) is 0 Å². The third kappa shape index (κ3) is 3.41. The summed E-state index contributed by atoms with van der Waals surface area (Å²) in [4.78, 5) is 15.0. The number of benzene rings is 1. The summed E-state index contributed by atoms with van der Waals surface area (Å²) in [6.07, 6.45) is 0. The molecule has 0 spiro atoms. The van der Waals surface area contributed by atoms with Crippen LogP contribution >= 0.6 is 11.6 Å². The fourth-order valence-corrected chi connectivity index (χ4v) is 1.00. The van der Waals surface area contributed by atoms with Crippen LogP contribution in [0.2, 0.25) is 0 Å². The number of carbonyl (C=O) groups is 1. The molecule has 0 saturated carbocycles. The molecule has 2 N–H and O–H groups in total.